The summed E-state index contributed by atoms with van der Waals surface area (Å²) >= 11 is 0. The molecular formula is C24H29N9. The first-order chi connectivity index (χ1) is 16.1. The number of hydrogen-bond donors (Lipinski definition) is 1. The second kappa shape index (κ2) is 8.13. The van der Waals surface area contributed by atoms with E-state index in [4.69, 9.17) is 10.1 Å². The largest absolute Gasteiger partial charge is 0.355 e. The Hall–Kier alpha value is -3.49. The van der Waals surface area contributed by atoms with Crippen molar-refractivity contribution in [1.82, 2.24) is 34.5 Å². The van der Waals surface area contributed by atoms with Crippen LogP contribution in [0.3, 0.4) is 0 Å². The monoisotopic (exact) mass is 443 g/mol. The number of pyridine rings is 1. The van der Waals surface area contributed by atoms with E-state index in [1.165, 1.54) is 25.7 Å². The Kier molecular flexibility index (Phi) is 4.96. The summed E-state index contributed by atoms with van der Waals surface area (Å²) in [4.78, 5) is 16.2. The third kappa shape index (κ3) is 4.03. The molecule has 4 aromatic rings. The highest BCUT2D eigenvalue weighted by atomic mass is 15.4. The molecule has 170 valence electrons. The molecule has 2 aliphatic rings. The zero-order chi connectivity index (χ0) is 22.4. The lowest BCUT2D eigenvalue weighted by atomic mass is 10.2. The van der Waals surface area contributed by atoms with Gasteiger partial charge in [-0.25, -0.2) is 15.0 Å². The number of rotatable bonds is 7. The lowest BCUT2D eigenvalue weighted by Gasteiger charge is -2.14. The minimum atomic E-state index is 0.261. The third-order valence-corrected chi connectivity index (χ3v) is 6.41. The van der Waals surface area contributed by atoms with Crippen LogP contribution in [0.1, 0.15) is 45.6 Å². The summed E-state index contributed by atoms with van der Waals surface area (Å²) in [7, 11) is 0. The Morgan fingerprint density at radius 1 is 1.09 bits per heavy atom. The minimum absolute atomic E-state index is 0.261. The zero-order valence-corrected chi connectivity index (χ0v) is 19.1. The van der Waals surface area contributed by atoms with E-state index in [-0.39, 0.29) is 6.04 Å². The highest BCUT2D eigenvalue weighted by Crippen LogP contribution is 2.32. The van der Waals surface area contributed by atoms with Crippen molar-refractivity contribution in [2.24, 2.45) is 5.92 Å². The van der Waals surface area contributed by atoms with Crippen LogP contribution in [0.15, 0.2) is 36.9 Å². The number of anilines is 3. The predicted octanol–water partition coefficient (Wildman–Crippen LogP) is 4.42. The molecule has 1 aliphatic carbocycles. The van der Waals surface area contributed by atoms with Gasteiger partial charge in [0.1, 0.15) is 11.6 Å². The molecule has 0 bridgehead atoms. The molecule has 1 saturated carbocycles. The summed E-state index contributed by atoms with van der Waals surface area (Å²) in [6, 6.07) is 4.19. The fraction of sp³-hybridized carbons (Fsp3) is 0.458. The van der Waals surface area contributed by atoms with Crippen molar-refractivity contribution in [1.29, 1.82) is 0 Å². The van der Waals surface area contributed by atoms with E-state index >= 15 is 0 Å². The number of fused-ring (bicyclic) bond motifs is 1. The number of aromatic nitrogens is 7. The zero-order valence-electron chi connectivity index (χ0n) is 19.1. The quantitative estimate of drug-likeness (QED) is 0.452. The summed E-state index contributed by atoms with van der Waals surface area (Å²) in [6.07, 6.45) is 12.6. The second-order valence-electron chi connectivity index (χ2n) is 9.43. The van der Waals surface area contributed by atoms with E-state index in [1.54, 1.807) is 6.20 Å². The van der Waals surface area contributed by atoms with Crippen LogP contribution in [0.2, 0.25) is 0 Å². The molecule has 1 aliphatic heterocycles. The average molecular weight is 444 g/mol. The third-order valence-electron chi connectivity index (χ3n) is 6.41. The molecular weight excluding hydrogens is 414 g/mol. The summed E-state index contributed by atoms with van der Waals surface area (Å²) < 4.78 is 4.09. The van der Waals surface area contributed by atoms with Crippen molar-refractivity contribution in [3.05, 3.63) is 36.9 Å². The SMILES string of the molecule is CC(C)n1nc(N2CCCC2)c2cnc(Nc3ccnc(-c4cnn(CC5CC5)c4)n3)cc21. The van der Waals surface area contributed by atoms with Crippen LogP contribution >= 0.6 is 0 Å². The number of hydrogen-bond acceptors (Lipinski definition) is 7. The van der Waals surface area contributed by atoms with Gasteiger partial charge in [-0.15, -0.1) is 0 Å². The molecule has 33 heavy (non-hydrogen) atoms. The molecule has 1 saturated heterocycles. The topological polar surface area (TPSA) is 89.6 Å². The molecule has 9 nitrogen and oxygen atoms in total. The Labute approximate surface area is 192 Å². The van der Waals surface area contributed by atoms with Gasteiger partial charge in [0, 0.05) is 50.3 Å². The van der Waals surface area contributed by atoms with Crippen molar-refractivity contribution in [2.45, 2.75) is 52.1 Å². The Morgan fingerprint density at radius 2 is 1.94 bits per heavy atom. The smallest absolute Gasteiger partial charge is 0.164 e. The first-order valence-electron chi connectivity index (χ1n) is 11.9. The maximum absolute atomic E-state index is 4.94. The fourth-order valence-electron chi connectivity index (χ4n) is 4.48. The van der Waals surface area contributed by atoms with Gasteiger partial charge >= 0.3 is 0 Å². The van der Waals surface area contributed by atoms with Gasteiger partial charge in [0.15, 0.2) is 11.6 Å². The highest BCUT2D eigenvalue weighted by molar-refractivity contribution is 5.92. The molecule has 1 N–H and O–H groups in total. The summed E-state index contributed by atoms with van der Waals surface area (Å²) in [6.45, 7) is 7.42. The molecule has 6 rings (SSSR count). The lowest BCUT2D eigenvalue weighted by Crippen LogP contribution is -2.18. The maximum Gasteiger partial charge on any atom is 0.164 e. The summed E-state index contributed by atoms with van der Waals surface area (Å²) in [5.74, 6) is 3.93. The standard InChI is InChI=1S/C24H29N9/c1-16(2)33-20-11-22(26-13-19(20)24(30-33)31-9-3-4-10-31)28-21-7-8-25-23(29-21)18-12-27-32(15-18)14-17-5-6-17/h7-8,11-13,15-17H,3-6,9-10,14H2,1-2H3,(H,25,26,28,29). The fourth-order valence-corrected chi connectivity index (χ4v) is 4.48. The Morgan fingerprint density at radius 3 is 2.73 bits per heavy atom. The van der Waals surface area contributed by atoms with Gasteiger partial charge < -0.3 is 10.2 Å². The number of nitrogens with one attached hydrogen (secondary N) is 1. The van der Waals surface area contributed by atoms with E-state index in [2.05, 4.69) is 49.9 Å². The van der Waals surface area contributed by atoms with Crippen molar-refractivity contribution < 1.29 is 0 Å². The van der Waals surface area contributed by atoms with Crippen LogP contribution in [-0.4, -0.2) is 47.6 Å². The van der Waals surface area contributed by atoms with Gasteiger partial charge in [-0.1, -0.05) is 0 Å². The van der Waals surface area contributed by atoms with Gasteiger partial charge in [-0.2, -0.15) is 10.2 Å². The molecule has 0 spiro atoms. The van der Waals surface area contributed by atoms with E-state index in [0.717, 1.165) is 53.7 Å². The van der Waals surface area contributed by atoms with Crippen molar-refractivity contribution in [3.63, 3.8) is 0 Å². The molecule has 5 heterocycles. The van der Waals surface area contributed by atoms with E-state index in [9.17, 15) is 0 Å². The van der Waals surface area contributed by atoms with Crippen molar-refractivity contribution in [2.75, 3.05) is 23.3 Å². The molecule has 0 radical (unpaired) electrons. The number of nitrogens with zero attached hydrogens (tertiary/aromatic N) is 8. The maximum atomic E-state index is 4.94. The average Bonchev–Trinajstić information content (AvgIpc) is 3.21. The second-order valence-corrected chi connectivity index (χ2v) is 9.43. The van der Waals surface area contributed by atoms with E-state index in [0.29, 0.717) is 11.6 Å². The van der Waals surface area contributed by atoms with Crippen molar-refractivity contribution >= 4 is 28.4 Å². The summed E-state index contributed by atoms with van der Waals surface area (Å²) in [5, 5.41) is 13.9. The Balaban J connectivity index is 1.28. The molecule has 4 aromatic heterocycles. The predicted molar refractivity (Wildman–Crippen MR) is 129 cm³/mol. The molecule has 2 fully saturated rings. The molecule has 0 amide bonds. The van der Waals surface area contributed by atoms with Crippen LogP contribution in [0, 0.1) is 5.92 Å². The molecule has 0 atom stereocenters. The first kappa shape index (κ1) is 20.1. The molecule has 0 aromatic carbocycles. The van der Waals surface area contributed by atoms with Gasteiger partial charge in [0.25, 0.3) is 0 Å². The van der Waals surface area contributed by atoms with Gasteiger partial charge in [-0.3, -0.25) is 9.36 Å². The van der Waals surface area contributed by atoms with Gasteiger partial charge in [0.05, 0.1) is 22.7 Å². The van der Waals surface area contributed by atoms with Gasteiger partial charge in [0.2, 0.25) is 0 Å². The van der Waals surface area contributed by atoms with Crippen LogP contribution in [0.5, 0.6) is 0 Å². The normalized spacial score (nSPS) is 16.3. The van der Waals surface area contributed by atoms with Crippen LogP contribution < -0.4 is 10.2 Å². The van der Waals surface area contributed by atoms with Gasteiger partial charge in [-0.05, 0) is 51.5 Å². The van der Waals surface area contributed by atoms with Crippen LogP contribution in [0.25, 0.3) is 22.3 Å². The van der Waals surface area contributed by atoms with Crippen molar-refractivity contribution in [3.8, 4) is 11.4 Å². The van der Waals surface area contributed by atoms with Crippen LogP contribution in [-0.2, 0) is 6.54 Å². The lowest BCUT2D eigenvalue weighted by molar-refractivity contribution is 0.550. The van der Waals surface area contributed by atoms with E-state index in [1.807, 2.05) is 29.3 Å². The summed E-state index contributed by atoms with van der Waals surface area (Å²) in [5.41, 5.74) is 2.01. The molecule has 9 heteroatoms. The van der Waals surface area contributed by atoms with E-state index < -0.39 is 0 Å². The Bertz CT molecular complexity index is 1280. The highest BCUT2D eigenvalue weighted by Gasteiger charge is 2.23. The molecule has 0 unspecified atom stereocenters. The minimum Gasteiger partial charge on any atom is -0.355 e. The first-order valence-corrected chi connectivity index (χ1v) is 11.9. The van der Waals surface area contributed by atoms with Crippen LogP contribution in [0.4, 0.5) is 17.5 Å².